The van der Waals surface area contributed by atoms with Gasteiger partial charge in [0.1, 0.15) is 11.8 Å². The lowest BCUT2D eigenvalue weighted by Crippen LogP contribution is -2.54. The van der Waals surface area contributed by atoms with Gasteiger partial charge < -0.3 is 24.5 Å². The first-order valence-corrected chi connectivity index (χ1v) is 10.7. The maximum atomic E-state index is 13.2. The molecule has 8 heteroatoms. The van der Waals surface area contributed by atoms with Gasteiger partial charge in [0, 0.05) is 25.9 Å². The van der Waals surface area contributed by atoms with Gasteiger partial charge in [0.05, 0.1) is 26.0 Å². The van der Waals surface area contributed by atoms with Crippen LogP contribution >= 0.6 is 0 Å². The van der Waals surface area contributed by atoms with E-state index in [4.69, 9.17) is 14.3 Å². The number of rotatable bonds is 7. The van der Waals surface area contributed by atoms with Crippen LogP contribution in [0.5, 0.6) is 5.75 Å². The third kappa shape index (κ3) is 5.26. The quantitative estimate of drug-likeness (QED) is 0.713. The van der Waals surface area contributed by atoms with E-state index >= 15 is 0 Å². The van der Waals surface area contributed by atoms with Crippen LogP contribution in [-0.4, -0.2) is 68.0 Å². The molecule has 0 radical (unpaired) electrons. The summed E-state index contributed by atoms with van der Waals surface area (Å²) in [5.41, 5.74) is 2.53. The summed E-state index contributed by atoms with van der Waals surface area (Å²) in [6.07, 6.45) is -0.0354. The predicted octanol–water partition coefficient (Wildman–Crippen LogP) is 1.77. The highest BCUT2D eigenvalue weighted by Crippen LogP contribution is 2.20. The van der Waals surface area contributed by atoms with E-state index in [0.717, 1.165) is 16.9 Å². The third-order valence-electron chi connectivity index (χ3n) is 5.60. The molecular formula is C24H27N3O5. The van der Waals surface area contributed by atoms with Gasteiger partial charge in [-0.05, 0) is 35.4 Å². The zero-order valence-corrected chi connectivity index (χ0v) is 18.0. The van der Waals surface area contributed by atoms with Crippen molar-refractivity contribution < 1.29 is 23.9 Å². The summed E-state index contributed by atoms with van der Waals surface area (Å²) in [5.74, 6) is 0.285. The summed E-state index contributed by atoms with van der Waals surface area (Å²) >= 11 is 0. The predicted molar refractivity (Wildman–Crippen MR) is 118 cm³/mol. The number of methoxy groups -OCH3 is 1. The molecule has 1 fully saturated rings. The number of amides is 2. The second-order valence-corrected chi connectivity index (χ2v) is 7.75. The lowest BCUT2D eigenvalue weighted by Gasteiger charge is -2.31. The number of hydrogen-bond donors (Lipinski definition) is 1. The molecule has 8 nitrogen and oxygen atoms in total. The Morgan fingerprint density at radius 2 is 1.84 bits per heavy atom. The van der Waals surface area contributed by atoms with Crippen molar-refractivity contribution in [3.63, 3.8) is 0 Å². The third-order valence-corrected chi connectivity index (χ3v) is 5.60. The molecule has 2 heterocycles. The number of morpholine rings is 1. The van der Waals surface area contributed by atoms with E-state index in [1.165, 1.54) is 0 Å². The summed E-state index contributed by atoms with van der Waals surface area (Å²) in [6, 6.07) is 16.4. The largest absolute Gasteiger partial charge is 0.497 e. The zero-order valence-electron chi connectivity index (χ0n) is 18.0. The molecule has 2 unspecified atom stereocenters. The molecular weight excluding hydrogens is 410 g/mol. The van der Waals surface area contributed by atoms with Crippen molar-refractivity contribution in [3.8, 4) is 5.75 Å². The number of nitrogens with one attached hydrogen (secondary N) is 1. The molecule has 2 amide bonds. The minimum absolute atomic E-state index is 0.111. The topological polar surface area (TPSA) is 89.5 Å². The average molecular weight is 437 g/mol. The van der Waals surface area contributed by atoms with Crippen LogP contribution < -0.4 is 10.1 Å². The highest BCUT2D eigenvalue weighted by Gasteiger charge is 2.33. The zero-order chi connectivity index (χ0) is 22.3. The number of hydrogen-bond acceptors (Lipinski definition) is 6. The first kappa shape index (κ1) is 21.8. The molecule has 1 saturated heterocycles. The SMILES string of the molecule is COc1ccc(C2=NOC(C(=O)NC(Cc3ccccc3)C(=O)N3CCOCC3)C2)cc1. The Bertz CT molecular complexity index is 955. The van der Waals surface area contributed by atoms with Gasteiger partial charge >= 0.3 is 0 Å². The van der Waals surface area contributed by atoms with Crippen LogP contribution in [-0.2, 0) is 25.6 Å². The van der Waals surface area contributed by atoms with Crippen molar-refractivity contribution in [3.05, 3.63) is 65.7 Å². The number of carbonyl (C=O) groups is 2. The van der Waals surface area contributed by atoms with Crippen LogP contribution in [0.1, 0.15) is 17.5 Å². The fraction of sp³-hybridized carbons (Fsp3) is 0.375. The molecule has 4 rings (SSSR count). The van der Waals surface area contributed by atoms with Gasteiger partial charge in [0.15, 0.2) is 0 Å². The molecule has 0 spiro atoms. The molecule has 2 aliphatic rings. The smallest absolute Gasteiger partial charge is 0.265 e. The van der Waals surface area contributed by atoms with E-state index in [-0.39, 0.29) is 11.8 Å². The van der Waals surface area contributed by atoms with Crippen LogP contribution in [0.2, 0.25) is 0 Å². The molecule has 0 saturated carbocycles. The Balaban J connectivity index is 1.41. The Labute approximate surface area is 187 Å². The number of ether oxygens (including phenoxy) is 2. The van der Waals surface area contributed by atoms with Gasteiger partial charge in [0.25, 0.3) is 5.91 Å². The van der Waals surface area contributed by atoms with Crippen LogP contribution in [0.15, 0.2) is 59.8 Å². The van der Waals surface area contributed by atoms with Crippen molar-refractivity contribution in [1.29, 1.82) is 0 Å². The summed E-state index contributed by atoms with van der Waals surface area (Å²) in [7, 11) is 1.61. The molecule has 0 aromatic heterocycles. The maximum absolute atomic E-state index is 13.2. The lowest BCUT2D eigenvalue weighted by atomic mass is 10.0. The van der Waals surface area contributed by atoms with Crippen molar-refractivity contribution in [1.82, 2.24) is 10.2 Å². The minimum Gasteiger partial charge on any atom is -0.497 e. The van der Waals surface area contributed by atoms with Crippen molar-refractivity contribution in [2.24, 2.45) is 5.16 Å². The van der Waals surface area contributed by atoms with Crippen LogP contribution in [0.4, 0.5) is 0 Å². The fourth-order valence-electron chi connectivity index (χ4n) is 3.79. The molecule has 0 aliphatic carbocycles. The monoisotopic (exact) mass is 437 g/mol. The molecule has 2 aromatic rings. The van der Waals surface area contributed by atoms with E-state index in [1.54, 1.807) is 12.0 Å². The van der Waals surface area contributed by atoms with Gasteiger partial charge in [0.2, 0.25) is 12.0 Å². The first-order chi connectivity index (χ1) is 15.6. The van der Waals surface area contributed by atoms with Gasteiger partial charge in [-0.15, -0.1) is 0 Å². The second-order valence-electron chi connectivity index (χ2n) is 7.75. The first-order valence-electron chi connectivity index (χ1n) is 10.7. The van der Waals surface area contributed by atoms with Gasteiger partial charge in [-0.1, -0.05) is 35.5 Å². The molecule has 0 bridgehead atoms. The lowest BCUT2D eigenvalue weighted by molar-refractivity contribution is -0.142. The Hall–Kier alpha value is -3.39. The molecule has 1 N–H and O–H groups in total. The highest BCUT2D eigenvalue weighted by molar-refractivity contribution is 6.04. The highest BCUT2D eigenvalue weighted by atomic mass is 16.6. The minimum atomic E-state index is -0.775. The van der Waals surface area contributed by atoms with E-state index < -0.39 is 12.1 Å². The van der Waals surface area contributed by atoms with Gasteiger partial charge in [-0.2, -0.15) is 0 Å². The Morgan fingerprint density at radius 3 is 2.53 bits per heavy atom. The normalized spacial score (nSPS) is 19.0. The van der Waals surface area contributed by atoms with Gasteiger partial charge in [-0.3, -0.25) is 9.59 Å². The number of oxime groups is 1. The summed E-state index contributed by atoms with van der Waals surface area (Å²) < 4.78 is 10.5. The van der Waals surface area contributed by atoms with Crippen molar-refractivity contribution in [2.45, 2.75) is 25.0 Å². The fourth-order valence-corrected chi connectivity index (χ4v) is 3.79. The molecule has 2 aliphatic heterocycles. The van der Waals surface area contributed by atoms with E-state index in [0.29, 0.717) is 44.9 Å². The molecule has 2 atom stereocenters. The summed E-state index contributed by atoms with van der Waals surface area (Å²) in [4.78, 5) is 33.3. The number of carbonyl (C=O) groups excluding carboxylic acids is 2. The van der Waals surface area contributed by atoms with Gasteiger partial charge in [-0.25, -0.2) is 0 Å². The average Bonchev–Trinajstić information content (AvgIpc) is 3.35. The van der Waals surface area contributed by atoms with Crippen LogP contribution in [0.3, 0.4) is 0 Å². The van der Waals surface area contributed by atoms with E-state index in [2.05, 4.69) is 10.5 Å². The van der Waals surface area contributed by atoms with E-state index in [1.807, 2.05) is 54.6 Å². The van der Waals surface area contributed by atoms with Crippen LogP contribution in [0, 0.1) is 0 Å². The second kappa shape index (κ2) is 10.3. The molecule has 168 valence electrons. The van der Waals surface area contributed by atoms with Crippen LogP contribution in [0.25, 0.3) is 0 Å². The molecule has 32 heavy (non-hydrogen) atoms. The summed E-state index contributed by atoms with van der Waals surface area (Å²) in [6.45, 7) is 2.04. The number of nitrogens with zero attached hydrogens (tertiary/aromatic N) is 2. The van der Waals surface area contributed by atoms with Crippen molar-refractivity contribution >= 4 is 17.5 Å². The van der Waals surface area contributed by atoms with E-state index in [9.17, 15) is 9.59 Å². The Kier molecular flexibility index (Phi) is 7.01. The number of benzene rings is 2. The Morgan fingerprint density at radius 1 is 1.12 bits per heavy atom. The standard InChI is InChI=1S/C24H27N3O5/c1-30-19-9-7-18(8-10-19)20-16-22(32-26-20)23(28)25-21(15-17-5-3-2-4-6-17)24(29)27-11-13-31-14-12-27/h2-10,21-22H,11-16H2,1H3,(H,25,28). The molecule has 2 aromatic carbocycles. The van der Waals surface area contributed by atoms with Crippen molar-refractivity contribution in [2.75, 3.05) is 33.4 Å². The summed E-state index contributed by atoms with van der Waals surface area (Å²) in [5, 5.41) is 7.00. The maximum Gasteiger partial charge on any atom is 0.265 e.